The Morgan fingerprint density at radius 1 is 1.41 bits per heavy atom. The van der Waals surface area contributed by atoms with Crippen LogP contribution in [0.4, 0.5) is 5.95 Å². The van der Waals surface area contributed by atoms with Gasteiger partial charge in [-0.2, -0.15) is 0 Å². The van der Waals surface area contributed by atoms with Gasteiger partial charge in [-0.15, -0.1) is 0 Å². The summed E-state index contributed by atoms with van der Waals surface area (Å²) in [6.45, 7) is 1.98. The van der Waals surface area contributed by atoms with Gasteiger partial charge in [-0.05, 0) is 24.6 Å². The van der Waals surface area contributed by atoms with Crippen LogP contribution in [-0.2, 0) is 7.05 Å². The third kappa shape index (κ3) is 1.25. The fourth-order valence-electron chi connectivity index (χ4n) is 2.25. The minimum Gasteiger partial charge on any atom is -0.369 e. The van der Waals surface area contributed by atoms with Crippen LogP contribution >= 0.6 is 0 Å². The second kappa shape index (κ2) is 3.10. The number of aryl methyl sites for hydroxylation is 2. The van der Waals surface area contributed by atoms with Gasteiger partial charge in [0.15, 0.2) is 0 Å². The van der Waals surface area contributed by atoms with Crippen LogP contribution < -0.4 is 11.3 Å². The summed E-state index contributed by atoms with van der Waals surface area (Å²) in [5, 5.41) is 0.914. The molecular weight excluding hydrogens is 216 g/mol. The fraction of sp³-hybridized carbons (Fsp3) is 0.167. The number of fused-ring (bicyclic) bond motifs is 3. The number of aromatic amines is 1. The maximum atomic E-state index is 11.3. The van der Waals surface area contributed by atoms with Gasteiger partial charge >= 0.3 is 0 Å². The zero-order valence-corrected chi connectivity index (χ0v) is 9.61. The Balaban J connectivity index is 2.64. The second-order valence-electron chi connectivity index (χ2n) is 4.20. The molecule has 0 bridgehead atoms. The first-order valence-electron chi connectivity index (χ1n) is 5.32. The zero-order chi connectivity index (χ0) is 12.2. The lowest BCUT2D eigenvalue weighted by molar-refractivity contribution is 0.961. The maximum Gasteiger partial charge on any atom is 0.248 e. The summed E-state index contributed by atoms with van der Waals surface area (Å²) in [5.41, 5.74) is 9.38. The summed E-state index contributed by atoms with van der Waals surface area (Å²) in [6.07, 6.45) is 0. The Morgan fingerprint density at radius 2 is 2.18 bits per heavy atom. The van der Waals surface area contributed by atoms with Crippen molar-refractivity contribution < 1.29 is 0 Å². The molecule has 0 fully saturated rings. The van der Waals surface area contributed by atoms with Gasteiger partial charge in [-0.1, -0.05) is 0 Å². The van der Waals surface area contributed by atoms with E-state index in [-0.39, 0.29) is 5.56 Å². The van der Waals surface area contributed by atoms with Crippen molar-refractivity contribution in [3.05, 3.63) is 34.1 Å². The number of anilines is 1. The molecule has 2 heterocycles. The summed E-state index contributed by atoms with van der Waals surface area (Å²) in [5.74, 6) is 0.474. The average molecular weight is 228 g/mol. The van der Waals surface area contributed by atoms with Gasteiger partial charge in [-0.25, -0.2) is 4.98 Å². The number of pyridine rings is 1. The van der Waals surface area contributed by atoms with E-state index in [0.29, 0.717) is 5.95 Å². The van der Waals surface area contributed by atoms with Gasteiger partial charge in [0.1, 0.15) is 5.52 Å². The molecule has 1 aromatic carbocycles. The van der Waals surface area contributed by atoms with E-state index in [4.69, 9.17) is 5.73 Å². The summed E-state index contributed by atoms with van der Waals surface area (Å²) >= 11 is 0. The maximum absolute atomic E-state index is 11.3. The molecule has 0 aliphatic carbocycles. The lowest BCUT2D eigenvalue weighted by Crippen LogP contribution is -2.03. The summed E-state index contributed by atoms with van der Waals surface area (Å²) < 4.78 is 1.86. The molecule has 17 heavy (non-hydrogen) atoms. The van der Waals surface area contributed by atoms with E-state index in [1.807, 2.05) is 24.6 Å². The standard InChI is InChI=1S/C12H12N4O/c1-6-5-8-7(3-4-9(17)14-8)10-11(6)16(2)12(13)15-10/h3-5H,1-2H3,(H2,13,15)(H,14,17). The number of benzene rings is 1. The van der Waals surface area contributed by atoms with E-state index in [1.165, 1.54) is 6.07 Å². The number of rotatable bonds is 0. The molecule has 2 aromatic heterocycles. The van der Waals surface area contributed by atoms with E-state index in [9.17, 15) is 4.79 Å². The van der Waals surface area contributed by atoms with E-state index in [1.54, 1.807) is 6.07 Å². The number of nitrogens with two attached hydrogens (primary N) is 1. The molecule has 0 saturated heterocycles. The lowest BCUT2D eigenvalue weighted by atomic mass is 10.1. The normalized spacial score (nSPS) is 11.4. The number of H-pyrrole nitrogens is 1. The molecule has 0 aliphatic heterocycles. The topological polar surface area (TPSA) is 76.7 Å². The van der Waals surface area contributed by atoms with E-state index >= 15 is 0 Å². The highest BCUT2D eigenvalue weighted by atomic mass is 16.1. The highest BCUT2D eigenvalue weighted by molar-refractivity contribution is 6.04. The number of aromatic nitrogens is 3. The average Bonchev–Trinajstić information content (AvgIpc) is 2.55. The molecule has 5 heteroatoms. The quantitative estimate of drug-likeness (QED) is 0.609. The first kappa shape index (κ1) is 9.89. The molecule has 86 valence electrons. The first-order valence-corrected chi connectivity index (χ1v) is 5.32. The van der Waals surface area contributed by atoms with Crippen molar-refractivity contribution in [1.29, 1.82) is 0 Å². The molecule has 0 unspecified atom stereocenters. The lowest BCUT2D eigenvalue weighted by Gasteiger charge is -2.03. The van der Waals surface area contributed by atoms with Gasteiger partial charge in [0.2, 0.25) is 11.5 Å². The summed E-state index contributed by atoms with van der Waals surface area (Å²) in [7, 11) is 1.88. The predicted molar refractivity (Wildman–Crippen MR) is 68.0 cm³/mol. The highest BCUT2D eigenvalue weighted by Gasteiger charge is 2.11. The molecule has 0 saturated carbocycles. The molecule has 0 amide bonds. The van der Waals surface area contributed by atoms with Crippen LogP contribution in [0.1, 0.15) is 5.56 Å². The Labute approximate surface area is 96.9 Å². The Bertz CT molecular complexity index is 797. The van der Waals surface area contributed by atoms with Gasteiger partial charge in [0.25, 0.3) is 0 Å². The van der Waals surface area contributed by atoms with Gasteiger partial charge in [0, 0.05) is 18.5 Å². The second-order valence-corrected chi connectivity index (χ2v) is 4.20. The minimum absolute atomic E-state index is 0.111. The van der Waals surface area contributed by atoms with Gasteiger partial charge in [0.05, 0.1) is 11.0 Å². The zero-order valence-electron chi connectivity index (χ0n) is 9.61. The van der Waals surface area contributed by atoms with Crippen LogP contribution in [0, 0.1) is 6.92 Å². The summed E-state index contributed by atoms with van der Waals surface area (Å²) in [4.78, 5) is 18.5. The smallest absolute Gasteiger partial charge is 0.248 e. The van der Waals surface area contributed by atoms with Crippen molar-refractivity contribution in [2.75, 3.05) is 5.73 Å². The van der Waals surface area contributed by atoms with Crippen molar-refractivity contribution in [3.8, 4) is 0 Å². The highest BCUT2D eigenvalue weighted by Crippen LogP contribution is 2.27. The molecule has 5 nitrogen and oxygen atoms in total. The minimum atomic E-state index is -0.111. The summed E-state index contributed by atoms with van der Waals surface area (Å²) in [6, 6.07) is 5.23. The third-order valence-corrected chi connectivity index (χ3v) is 3.07. The van der Waals surface area contributed by atoms with Crippen LogP contribution in [0.5, 0.6) is 0 Å². The number of nitrogens with one attached hydrogen (secondary N) is 1. The fourth-order valence-corrected chi connectivity index (χ4v) is 2.25. The van der Waals surface area contributed by atoms with E-state index in [2.05, 4.69) is 9.97 Å². The van der Waals surface area contributed by atoms with Crippen molar-refractivity contribution >= 4 is 27.9 Å². The number of nitrogen functional groups attached to an aromatic ring is 1. The Hall–Kier alpha value is -2.30. The Kier molecular flexibility index (Phi) is 1.80. The number of imidazole rings is 1. The molecule has 3 rings (SSSR count). The first-order chi connectivity index (χ1) is 8.08. The van der Waals surface area contributed by atoms with Gasteiger partial charge < -0.3 is 15.3 Å². The van der Waals surface area contributed by atoms with Crippen LogP contribution in [0.15, 0.2) is 23.0 Å². The molecule has 0 aliphatic rings. The van der Waals surface area contributed by atoms with Gasteiger partial charge in [-0.3, -0.25) is 4.79 Å². The van der Waals surface area contributed by atoms with Crippen LogP contribution in [0.25, 0.3) is 21.9 Å². The van der Waals surface area contributed by atoms with Crippen molar-refractivity contribution in [2.45, 2.75) is 6.92 Å². The molecule has 0 atom stereocenters. The number of nitrogens with zero attached hydrogens (tertiary/aromatic N) is 2. The van der Waals surface area contributed by atoms with Crippen LogP contribution in [-0.4, -0.2) is 14.5 Å². The van der Waals surface area contributed by atoms with Crippen molar-refractivity contribution in [2.24, 2.45) is 7.05 Å². The molecular formula is C12H12N4O. The number of hydrogen-bond donors (Lipinski definition) is 2. The molecule has 0 radical (unpaired) electrons. The molecule has 0 spiro atoms. The van der Waals surface area contributed by atoms with Crippen molar-refractivity contribution in [3.63, 3.8) is 0 Å². The van der Waals surface area contributed by atoms with E-state index in [0.717, 1.165) is 27.5 Å². The molecule has 3 N–H and O–H groups in total. The van der Waals surface area contributed by atoms with E-state index < -0.39 is 0 Å². The van der Waals surface area contributed by atoms with Crippen LogP contribution in [0.2, 0.25) is 0 Å². The SMILES string of the molecule is Cc1cc2[nH]c(=O)ccc2c2nc(N)n(C)c12. The Morgan fingerprint density at radius 3 is 2.94 bits per heavy atom. The largest absolute Gasteiger partial charge is 0.369 e. The predicted octanol–water partition coefficient (Wildman–Crippen LogP) is 1.31. The van der Waals surface area contributed by atoms with Crippen molar-refractivity contribution in [1.82, 2.24) is 14.5 Å². The third-order valence-electron chi connectivity index (χ3n) is 3.07. The number of hydrogen-bond acceptors (Lipinski definition) is 3. The van der Waals surface area contributed by atoms with Crippen LogP contribution in [0.3, 0.4) is 0 Å². The monoisotopic (exact) mass is 228 g/mol. The molecule has 3 aromatic rings.